The summed E-state index contributed by atoms with van der Waals surface area (Å²) in [5, 5.41) is 0. The van der Waals surface area contributed by atoms with Crippen LogP contribution in [0.25, 0.3) is 0 Å². The van der Waals surface area contributed by atoms with E-state index in [1.165, 1.54) is 0 Å². The Kier molecular flexibility index (Phi) is 5.06. The first-order chi connectivity index (χ1) is 9.86. The van der Waals surface area contributed by atoms with E-state index in [9.17, 15) is 9.59 Å². The van der Waals surface area contributed by atoms with E-state index in [0.717, 1.165) is 0 Å². The minimum absolute atomic E-state index is 0.554. The zero-order chi connectivity index (χ0) is 17.2. The minimum Gasteiger partial charge on any atom is -0.459 e. The van der Waals surface area contributed by atoms with Gasteiger partial charge in [-0.3, -0.25) is 9.59 Å². The van der Waals surface area contributed by atoms with Crippen molar-refractivity contribution in [1.82, 2.24) is 0 Å². The van der Waals surface area contributed by atoms with E-state index in [0.29, 0.717) is 5.56 Å². The summed E-state index contributed by atoms with van der Waals surface area (Å²) < 4.78 is 10.9. The largest absolute Gasteiger partial charge is 0.459 e. The molecule has 4 nitrogen and oxygen atoms in total. The third-order valence-electron chi connectivity index (χ3n) is 2.97. The highest BCUT2D eigenvalue weighted by atomic mass is 16.6. The van der Waals surface area contributed by atoms with Gasteiger partial charge >= 0.3 is 11.9 Å². The van der Waals surface area contributed by atoms with Crippen LogP contribution in [0.2, 0.25) is 0 Å². The fourth-order valence-electron chi connectivity index (χ4n) is 1.85. The van der Waals surface area contributed by atoms with Crippen molar-refractivity contribution in [3.05, 3.63) is 35.9 Å². The monoisotopic (exact) mass is 306 g/mol. The lowest BCUT2D eigenvalue weighted by molar-refractivity contribution is -0.176. The van der Waals surface area contributed by atoms with Gasteiger partial charge < -0.3 is 9.47 Å². The fraction of sp³-hybridized carbons (Fsp3) is 0.556. The van der Waals surface area contributed by atoms with E-state index in [4.69, 9.17) is 9.47 Å². The van der Waals surface area contributed by atoms with E-state index in [1.807, 2.05) is 6.07 Å². The van der Waals surface area contributed by atoms with Gasteiger partial charge in [0, 0.05) is 0 Å². The molecule has 0 N–H and O–H groups in total. The maximum Gasteiger partial charge on any atom is 0.328 e. The van der Waals surface area contributed by atoms with Crippen LogP contribution in [0, 0.1) is 0 Å². The maximum absolute atomic E-state index is 12.7. The summed E-state index contributed by atoms with van der Waals surface area (Å²) >= 11 is 0. The minimum atomic E-state index is -1.50. The van der Waals surface area contributed by atoms with Gasteiger partial charge in [-0.25, -0.2) is 0 Å². The van der Waals surface area contributed by atoms with Crippen LogP contribution in [0.3, 0.4) is 0 Å². The SMILES string of the molecule is CC(C)(C)OC(=O)C(C)(C(=O)OC(C)(C)C)c1ccccc1. The molecule has 0 amide bonds. The number of carbonyl (C=O) groups is 2. The molecule has 0 bridgehead atoms. The summed E-state index contributed by atoms with van der Waals surface area (Å²) in [5.74, 6) is -1.22. The van der Waals surface area contributed by atoms with Crippen molar-refractivity contribution in [3.8, 4) is 0 Å². The zero-order valence-corrected chi connectivity index (χ0v) is 14.5. The Morgan fingerprint density at radius 2 is 1.09 bits per heavy atom. The molecule has 4 heteroatoms. The summed E-state index contributed by atoms with van der Waals surface area (Å²) in [7, 11) is 0. The smallest absolute Gasteiger partial charge is 0.328 e. The molecule has 0 saturated heterocycles. The summed E-state index contributed by atoms with van der Waals surface area (Å²) in [5.41, 5.74) is -2.31. The molecule has 0 aliphatic rings. The van der Waals surface area contributed by atoms with E-state index in [1.54, 1.807) is 72.7 Å². The molecule has 0 radical (unpaired) electrons. The lowest BCUT2D eigenvalue weighted by atomic mass is 9.82. The van der Waals surface area contributed by atoms with Crippen molar-refractivity contribution in [2.45, 2.75) is 65.1 Å². The van der Waals surface area contributed by atoms with Crippen molar-refractivity contribution in [2.75, 3.05) is 0 Å². The number of ether oxygens (including phenoxy) is 2. The highest BCUT2D eigenvalue weighted by molar-refractivity contribution is 6.06. The van der Waals surface area contributed by atoms with Crippen LogP contribution < -0.4 is 0 Å². The van der Waals surface area contributed by atoms with Crippen molar-refractivity contribution in [2.24, 2.45) is 0 Å². The van der Waals surface area contributed by atoms with E-state index >= 15 is 0 Å². The average Bonchev–Trinajstić information content (AvgIpc) is 2.34. The first-order valence-corrected chi connectivity index (χ1v) is 7.39. The topological polar surface area (TPSA) is 52.6 Å². The first-order valence-electron chi connectivity index (χ1n) is 7.39. The Labute approximate surface area is 132 Å². The van der Waals surface area contributed by atoms with Crippen molar-refractivity contribution < 1.29 is 19.1 Å². The third kappa shape index (κ3) is 4.58. The predicted octanol–water partition coefficient (Wildman–Crippen LogP) is 3.63. The standard InChI is InChI=1S/C18H26O4/c1-16(2,3)21-14(19)18(7,13-11-9-8-10-12-13)15(20)22-17(4,5)6/h8-12H,1-7H3. The van der Waals surface area contributed by atoms with Crippen LogP contribution in [0.4, 0.5) is 0 Å². The number of rotatable bonds is 3. The quantitative estimate of drug-likeness (QED) is 0.632. The van der Waals surface area contributed by atoms with Gasteiger partial charge in [0.2, 0.25) is 0 Å². The highest BCUT2D eigenvalue weighted by Gasteiger charge is 2.48. The summed E-state index contributed by atoms with van der Waals surface area (Å²) in [6.45, 7) is 12.2. The van der Waals surface area contributed by atoms with Gasteiger partial charge in [-0.2, -0.15) is 0 Å². The van der Waals surface area contributed by atoms with Gasteiger partial charge in [-0.1, -0.05) is 30.3 Å². The number of hydrogen-bond acceptors (Lipinski definition) is 4. The molecule has 0 atom stereocenters. The molecule has 0 heterocycles. The maximum atomic E-state index is 12.7. The van der Waals surface area contributed by atoms with Crippen LogP contribution in [0.15, 0.2) is 30.3 Å². The number of hydrogen-bond donors (Lipinski definition) is 0. The van der Waals surface area contributed by atoms with Crippen LogP contribution in [0.1, 0.15) is 54.0 Å². The average molecular weight is 306 g/mol. The Hall–Kier alpha value is -1.84. The van der Waals surface area contributed by atoms with Crippen molar-refractivity contribution in [3.63, 3.8) is 0 Å². The number of benzene rings is 1. The van der Waals surface area contributed by atoms with Gasteiger partial charge in [-0.05, 0) is 54.0 Å². The molecular weight excluding hydrogens is 280 g/mol. The van der Waals surface area contributed by atoms with Gasteiger partial charge in [0.15, 0.2) is 5.41 Å². The molecule has 122 valence electrons. The van der Waals surface area contributed by atoms with Gasteiger partial charge in [-0.15, -0.1) is 0 Å². The second-order valence-corrected chi connectivity index (χ2v) is 7.49. The van der Waals surface area contributed by atoms with Gasteiger partial charge in [0.25, 0.3) is 0 Å². The zero-order valence-electron chi connectivity index (χ0n) is 14.5. The summed E-state index contributed by atoms with van der Waals surface area (Å²) in [4.78, 5) is 25.4. The molecule has 0 aliphatic heterocycles. The molecular formula is C18H26O4. The summed E-state index contributed by atoms with van der Waals surface area (Å²) in [6, 6.07) is 8.85. The fourth-order valence-corrected chi connectivity index (χ4v) is 1.85. The van der Waals surface area contributed by atoms with Crippen molar-refractivity contribution >= 4 is 11.9 Å². The first kappa shape index (κ1) is 18.2. The predicted molar refractivity (Wildman–Crippen MR) is 85.5 cm³/mol. The lowest BCUT2D eigenvalue weighted by Gasteiger charge is -2.32. The lowest BCUT2D eigenvalue weighted by Crippen LogP contribution is -2.48. The Morgan fingerprint density at radius 1 is 0.727 bits per heavy atom. The van der Waals surface area contributed by atoms with Crippen molar-refractivity contribution in [1.29, 1.82) is 0 Å². The van der Waals surface area contributed by atoms with Gasteiger partial charge in [0.05, 0.1) is 0 Å². The molecule has 22 heavy (non-hydrogen) atoms. The van der Waals surface area contributed by atoms with Gasteiger partial charge in [0.1, 0.15) is 11.2 Å². The molecule has 1 rings (SSSR count). The Balaban J connectivity index is 3.27. The molecule has 0 spiro atoms. The van der Waals surface area contributed by atoms with Crippen LogP contribution >= 0.6 is 0 Å². The third-order valence-corrected chi connectivity index (χ3v) is 2.97. The number of carbonyl (C=O) groups excluding carboxylic acids is 2. The normalized spacial score (nSPS) is 12.7. The van der Waals surface area contributed by atoms with Crippen LogP contribution in [-0.2, 0) is 24.5 Å². The van der Waals surface area contributed by atoms with Crippen LogP contribution in [-0.4, -0.2) is 23.1 Å². The molecule has 0 saturated carbocycles. The van der Waals surface area contributed by atoms with E-state index < -0.39 is 28.6 Å². The molecule has 0 fully saturated rings. The molecule has 1 aromatic rings. The van der Waals surface area contributed by atoms with E-state index in [-0.39, 0.29) is 0 Å². The summed E-state index contributed by atoms with van der Waals surface area (Å²) in [6.07, 6.45) is 0. The second-order valence-electron chi connectivity index (χ2n) is 7.49. The van der Waals surface area contributed by atoms with E-state index in [2.05, 4.69) is 0 Å². The highest BCUT2D eigenvalue weighted by Crippen LogP contribution is 2.30. The van der Waals surface area contributed by atoms with Crippen LogP contribution in [0.5, 0.6) is 0 Å². The number of esters is 2. The Morgan fingerprint density at radius 3 is 1.41 bits per heavy atom. The molecule has 0 unspecified atom stereocenters. The molecule has 0 aromatic heterocycles. The molecule has 0 aliphatic carbocycles. The Bertz CT molecular complexity index is 504. The second kappa shape index (κ2) is 6.11. The molecule has 1 aromatic carbocycles.